The van der Waals surface area contributed by atoms with Gasteiger partial charge in [0, 0.05) is 25.3 Å². The Morgan fingerprint density at radius 1 is 1.14 bits per heavy atom. The molecule has 1 atom stereocenters. The molecule has 3 rings (SSSR count). The molecule has 2 heterocycles. The monoisotopic (exact) mass is 431 g/mol. The molecular weight excluding hydrogens is 406 g/mol. The highest BCUT2D eigenvalue weighted by atomic mass is 32.2. The van der Waals surface area contributed by atoms with E-state index in [1.54, 1.807) is 19.1 Å². The van der Waals surface area contributed by atoms with Crippen LogP contribution in [0.25, 0.3) is 0 Å². The van der Waals surface area contributed by atoms with Crippen LogP contribution in [0.2, 0.25) is 0 Å². The third-order valence-corrected chi connectivity index (χ3v) is 8.31. The first kappa shape index (κ1) is 21.2. The number of ether oxygens (including phenoxy) is 1. The minimum atomic E-state index is -3.71. The van der Waals surface area contributed by atoms with Gasteiger partial charge in [0.25, 0.3) is 0 Å². The maximum Gasteiger partial charge on any atom is 0.243 e. The SMILES string of the molecule is Cc1ccc(NC(=O)C2CCCN2S(C)(=O)=O)cc1S(=O)(=O)N1CCOCC1. The maximum atomic E-state index is 13.0. The molecule has 0 bridgehead atoms. The van der Waals surface area contributed by atoms with Gasteiger partial charge in [-0.15, -0.1) is 0 Å². The van der Waals surface area contributed by atoms with Crippen molar-refractivity contribution in [2.45, 2.75) is 30.7 Å². The number of morpholine rings is 1. The lowest BCUT2D eigenvalue weighted by Crippen LogP contribution is -2.42. The average Bonchev–Trinajstić information content (AvgIpc) is 3.14. The molecule has 11 heteroatoms. The number of nitrogens with zero attached hydrogens (tertiary/aromatic N) is 2. The van der Waals surface area contributed by atoms with Gasteiger partial charge in [0.15, 0.2) is 0 Å². The van der Waals surface area contributed by atoms with Gasteiger partial charge in [-0.05, 0) is 37.5 Å². The van der Waals surface area contributed by atoms with Gasteiger partial charge in [0.2, 0.25) is 26.0 Å². The van der Waals surface area contributed by atoms with Crippen molar-refractivity contribution in [2.24, 2.45) is 0 Å². The molecule has 2 aliphatic heterocycles. The van der Waals surface area contributed by atoms with Crippen LogP contribution < -0.4 is 5.32 Å². The van der Waals surface area contributed by atoms with Crippen LogP contribution in [0.3, 0.4) is 0 Å². The lowest BCUT2D eigenvalue weighted by atomic mass is 10.2. The third kappa shape index (κ3) is 4.38. The van der Waals surface area contributed by atoms with E-state index >= 15 is 0 Å². The summed E-state index contributed by atoms with van der Waals surface area (Å²) < 4.78 is 57.4. The Morgan fingerprint density at radius 2 is 1.82 bits per heavy atom. The molecule has 2 saturated heterocycles. The minimum absolute atomic E-state index is 0.124. The standard InChI is InChI=1S/C17H25N3O6S2/c1-13-5-6-14(12-16(13)28(24,25)19-8-10-26-11-9-19)18-17(21)15-4-3-7-20(15)27(2,22)23/h5-6,12,15H,3-4,7-11H2,1-2H3,(H,18,21). The van der Waals surface area contributed by atoms with E-state index in [1.165, 1.54) is 14.7 Å². The number of rotatable bonds is 5. The number of amides is 1. The Hall–Kier alpha value is -1.53. The van der Waals surface area contributed by atoms with Gasteiger partial charge >= 0.3 is 0 Å². The van der Waals surface area contributed by atoms with Crippen LogP contribution in [-0.2, 0) is 29.6 Å². The molecule has 1 aromatic carbocycles. The summed E-state index contributed by atoms with van der Waals surface area (Å²) in [6.45, 7) is 3.26. The molecular formula is C17H25N3O6S2. The van der Waals surface area contributed by atoms with Gasteiger partial charge in [-0.3, -0.25) is 4.79 Å². The third-order valence-electron chi connectivity index (χ3n) is 4.98. The molecule has 1 N–H and O–H groups in total. The number of sulfonamides is 2. The topological polar surface area (TPSA) is 113 Å². The number of carbonyl (C=O) groups is 1. The lowest BCUT2D eigenvalue weighted by Gasteiger charge is -2.27. The Labute approximate surface area is 165 Å². The summed E-state index contributed by atoms with van der Waals surface area (Å²) in [7, 11) is -7.19. The zero-order valence-electron chi connectivity index (χ0n) is 15.9. The van der Waals surface area contributed by atoms with Gasteiger partial charge < -0.3 is 10.1 Å². The fourth-order valence-electron chi connectivity index (χ4n) is 3.51. The van der Waals surface area contributed by atoms with Crippen molar-refractivity contribution in [2.75, 3.05) is 44.4 Å². The van der Waals surface area contributed by atoms with Crippen molar-refractivity contribution in [1.82, 2.24) is 8.61 Å². The van der Waals surface area contributed by atoms with Crippen molar-refractivity contribution in [3.63, 3.8) is 0 Å². The predicted octanol–water partition coefficient (Wildman–Crippen LogP) is 0.378. The minimum Gasteiger partial charge on any atom is -0.379 e. The van der Waals surface area contributed by atoms with Gasteiger partial charge in [-0.25, -0.2) is 16.8 Å². The van der Waals surface area contributed by atoms with Crippen LogP contribution in [0, 0.1) is 6.92 Å². The fourth-order valence-corrected chi connectivity index (χ4v) is 6.29. The highest BCUT2D eigenvalue weighted by Gasteiger charge is 2.36. The summed E-state index contributed by atoms with van der Waals surface area (Å²) in [4.78, 5) is 12.7. The molecule has 0 radical (unpaired) electrons. The van der Waals surface area contributed by atoms with E-state index in [1.807, 2.05) is 0 Å². The number of aryl methyl sites for hydroxylation is 1. The zero-order chi connectivity index (χ0) is 20.5. The van der Waals surface area contributed by atoms with Crippen LogP contribution in [-0.4, -0.2) is 76.5 Å². The molecule has 1 aromatic rings. The van der Waals surface area contributed by atoms with Crippen molar-refractivity contribution >= 4 is 31.6 Å². The largest absolute Gasteiger partial charge is 0.379 e. The van der Waals surface area contributed by atoms with E-state index in [0.29, 0.717) is 43.9 Å². The highest BCUT2D eigenvalue weighted by Crippen LogP contribution is 2.26. The molecule has 0 saturated carbocycles. The van der Waals surface area contributed by atoms with E-state index in [-0.39, 0.29) is 18.0 Å². The summed E-state index contributed by atoms with van der Waals surface area (Å²) in [5.74, 6) is -0.457. The van der Waals surface area contributed by atoms with E-state index < -0.39 is 32.0 Å². The maximum absolute atomic E-state index is 13.0. The van der Waals surface area contributed by atoms with Crippen LogP contribution in [0.1, 0.15) is 18.4 Å². The molecule has 28 heavy (non-hydrogen) atoms. The van der Waals surface area contributed by atoms with E-state index in [9.17, 15) is 21.6 Å². The molecule has 2 aliphatic rings. The molecule has 0 aromatic heterocycles. The Bertz CT molecular complexity index is 955. The first-order valence-electron chi connectivity index (χ1n) is 9.07. The first-order chi connectivity index (χ1) is 13.1. The van der Waals surface area contributed by atoms with Crippen molar-refractivity contribution < 1.29 is 26.4 Å². The smallest absolute Gasteiger partial charge is 0.243 e. The Kier molecular flexibility index (Phi) is 6.11. The molecule has 2 fully saturated rings. The molecule has 0 spiro atoms. The van der Waals surface area contributed by atoms with Crippen molar-refractivity contribution in [1.29, 1.82) is 0 Å². The molecule has 1 amide bonds. The highest BCUT2D eigenvalue weighted by molar-refractivity contribution is 7.89. The summed E-state index contributed by atoms with van der Waals surface area (Å²) in [6, 6.07) is 3.89. The van der Waals surface area contributed by atoms with Gasteiger partial charge in [0.1, 0.15) is 6.04 Å². The van der Waals surface area contributed by atoms with Gasteiger partial charge in [-0.1, -0.05) is 6.07 Å². The predicted molar refractivity (Wildman–Crippen MR) is 104 cm³/mol. The summed E-state index contributed by atoms with van der Waals surface area (Å²) >= 11 is 0. The van der Waals surface area contributed by atoms with Crippen LogP contribution in [0.15, 0.2) is 23.1 Å². The second-order valence-corrected chi connectivity index (χ2v) is 10.9. The number of carbonyl (C=O) groups excluding carboxylic acids is 1. The quantitative estimate of drug-likeness (QED) is 0.721. The molecule has 156 valence electrons. The van der Waals surface area contributed by atoms with E-state index in [4.69, 9.17) is 4.74 Å². The zero-order valence-corrected chi connectivity index (χ0v) is 17.6. The Morgan fingerprint density at radius 3 is 2.46 bits per heavy atom. The number of anilines is 1. The van der Waals surface area contributed by atoms with Crippen molar-refractivity contribution in [3.8, 4) is 0 Å². The van der Waals surface area contributed by atoms with Crippen LogP contribution >= 0.6 is 0 Å². The van der Waals surface area contributed by atoms with Gasteiger partial charge in [-0.2, -0.15) is 8.61 Å². The van der Waals surface area contributed by atoms with Crippen LogP contribution in [0.5, 0.6) is 0 Å². The number of hydrogen-bond acceptors (Lipinski definition) is 6. The second-order valence-electron chi connectivity index (χ2n) is 7.02. The normalized spacial score (nSPS) is 22.3. The van der Waals surface area contributed by atoms with Gasteiger partial charge in [0.05, 0.1) is 24.4 Å². The number of nitrogens with one attached hydrogen (secondary N) is 1. The number of hydrogen-bond donors (Lipinski definition) is 1. The number of benzene rings is 1. The van der Waals surface area contributed by atoms with E-state index in [0.717, 1.165) is 6.26 Å². The summed E-state index contributed by atoms with van der Waals surface area (Å²) in [5, 5.41) is 2.68. The molecule has 1 unspecified atom stereocenters. The Balaban J connectivity index is 1.82. The first-order valence-corrected chi connectivity index (χ1v) is 12.4. The van der Waals surface area contributed by atoms with E-state index in [2.05, 4.69) is 5.32 Å². The van der Waals surface area contributed by atoms with Crippen molar-refractivity contribution in [3.05, 3.63) is 23.8 Å². The molecule has 0 aliphatic carbocycles. The van der Waals surface area contributed by atoms with Crippen LogP contribution in [0.4, 0.5) is 5.69 Å². The summed E-state index contributed by atoms with van der Waals surface area (Å²) in [6.07, 6.45) is 2.12. The summed E-state index contributed by atoms with van der Waals surface area (Å²) in [5.41, 5.74) is 0.894. The fraction of sp³-hybridized carbons (Fsp3) is 0.588. The lowest BCUT2D eigenvalue weighted by molar-refractivity contribution is -0.119. The molecule has 9 nitrogen and oxygen atoms in total. The average molecular weight is 432 g/mol. The second kappa shape index (κ2) is 8.07.